The average molecular weight is 347 g/mol. The number of carboxylic acids is 1. The van der Waals surface area contributed by atoms with Crippen molar-refractivity contribution in [2.45, 2.75) is 39.3 Å². The van der Waals surface area contributed by atoms with Crippen LogP contribution in [0.25, 0.3) is 0 Å². The SMILES string of the molecule is CC(=O)NCCN(CC(=O)N1c2ccccc2CC1C)C(C)C(=O)O. The molecule has 25 heavy (non-hydrogen) atoms. The van der Waals surface area contributed by atoms with E-state index in [0.29, 0.717) is 13.1 Å². The number of benzene rings is 1. The molecular formula is C18H25N3O4. The molecule has 2 amide bonds. The van der Waals surface area contributed by atoms with E-state index in [9.17, 15) is 19.5 Å². The molecule has 0 aromatic heterocycles. The van der Waals surface area contributed by atoms with Crippen LogP contribution >= 0.6 is 0 Å². The van der Waals surface area contributed by atoms with Crippen LogP contribution in [0.5, 0.6) is 0 Å². The number of carbonyl (C=O) groups is 3. The molecule has 2 rings (SSSR count). The molecule has 0 spiro atoms. The monoisotopic (exact) mass is 347 g/mol. The molecule has 0 bridgehead atoms. The molecule has 136 valence electrons. The zero-order valence-corrected chi connectivity index (χ0v) is 14.9. The molecule has 2 N–H and O–H groups in total. The summed E-state index contributed by atoms with van der Waals surface area (Å²) in [5, 5.41) is 11.9. The van der Waals surface area contributed by atoms with Crippen molar-refractivity contribution >= 4 is 23.5 Å². The van der Waals surface area contributed by atoms with Gasteiger partial charge in [0, 0.05) is 31.7 Å². The maximum atomic E-state index is 12.9. The van der Waals surface area contributed by atoms with Gasteiger partial charge in [-0.15, -0.1) is 0 Å². The van der Waals surface area contributed by atoms with Gasteiger partial charge in [-0.1, -0.05) is 18.2 Å². The zero-order chi connectivity index (χ0) is 18.6. The van der Waals surface area contributed by atoms with Gasteiger partial charge in [-0.05, 0) is 31.9 Å². The summed E-state index contributed by atoms with van der Waals surface area (Å²) in [5.74, 6) is -1.31. The summed E-state index contributed by atoms with van der Waals surface area (Å²) in [7, 11) is 0. The summed E-state index contributed by atoms with van der Waals surface area (Å²) in [6, 6.07) is 7.00. The predicted molar refractivity (Wildman–Crippen MR) is 94.4 cm³/mol. The Kier molecular flexibility index (Phi) is 6.14. The molecule has 7 nitrogen and oxygen atoms in total. The quantitative estimate of drug-likeness (QED) is 0.764. The number of anilines is 1. The Labute approximate surface area is 147 Å². The van der Waals surface area contributed by atoms with Crippen molar-refractivity contribution in [3.63, 3.8) is 0 Å². The Balaban J connectivity index is 2.10. The van der Waals surface area contributed by atoms with Gasteiger partial charge < -0.3 is 15.3 Å². The van der Waals surface area contributed by atoms with Gasteiger partial charge in [0.2, 0.25) is 11.8 Å². The smallest absolute Gasteiger partial charge is 0.320 e. The van der Waals surface area contributed by atoms with Crippen LogP contribution < -0.4 is 10.2 Å². The zero-order valence-electron chi connectivity index (χ0n) is 14.9. The van der Waals surface area contributed by atoms with Crippen LogP contribution in [0.3, 0.4) is 0 Å². The number of carbonyl (C=O) groups excluding carboxylic acids is 2. The maximum absolute atomic E-state index is 12.9. The number of rotatable bonds is 7. The number of fused-ring (bicyclic) bond motifs is 1. The number of amides is 2. The molecule has 1 aromatic carbocycles. The number of para-hydroxylation sites is 1. The number of nitrogens with zero attached hydrogens (tertiary/aromatic N) is 2. The van der Waals surface area contributed by atoms with Crippen molar-refractivity contribution < 1.29 is 19.5 Å². The van der Waals surface area contributed by atoms with Gasteiger partial charge in [-0.3, -0.25) is 19.3 Å². The van der Waals surface area contributed by atoms with Crippen LogP contribution in [-0.4, -0.2) is 59.5 Å². The highest BCUT2D eigenvalue weighted by atomic mass is 16.4. The third-order valence-electron chi connectivity index (χ3n) is 4.49. The Bertz CT molecular complexity index is 661. The van der Waals surface area contributed by atoms with Gasteiger partial charge in [-0.25, -0.2) is 0 Å². The van der Waals surface area contributed by atoms with Crippen LogP contribution in [0.15, 0.2) is 24.3 Å². The minimum Gasteiger partial charge on any atom is -0.480 e. The van der Waals surface area contributed by atoms with E-state index in [1.807, 2.05) is 31.2 Å². The second kappa shape index (κ2) is 8.11. The number of carboxylic acid groups (broad SMARTS) is 1. The average Bonchev–Trinajstić information content (AvgIpc) is 2.88. The highest BCUT2D eigenvalue weighted by molar-refractivity contribution is 5.97. The number of hydrogen-bond acceptors (Lipinski definition) is 4. The molecule has 1 aliphatic heterocycles. The lowest BCUT2D eigenvalue weighted by molar-refractivity contribution is -0.143. The first kappa shape index (κ1) is 18.9. The fourth-order valence-electron chi connectivity index (χ4n) is 3.14. The summed E-state index contributed by atoms with van der Waals surface area (Å²) < 4.78 is 0. The first-order chi connectivity index (χ1) is 11.8. The predicted octanol–water partition coefficient (Wildman–Crippen LogP) is 0.875. The van der Waals surface area contributed by atoms with Gasteiger partial charge >= 0.3 is 5.97 Å². The van der Waals surface area contributed by atoms with Crippen molar-refractivity contribution in [1.29, 1.82) is 0 Å². The van der Waals surface area contributed by atoms with Gasteiger partial charge in [0.25, 0.3) is 0 Å². The maximum Gasteiger partial charge on any atom is 0.320 e. The summed E-state index contributed by atoms with van der Waals surface area (Å²) in [6.07, 6.45) is 0.794. The number of hydrogen-bond donors (Lipinski definition) is 2. The second-order valence-electron chi connectivity index (χ2n) is 6.41. The molecule has 2 atom stereocenters. The Morgan fingerprint density at radius 3 is 2.68 bits per heavy atom. The van der Waals surface area contributed by atoms with Crippen LogP contribution in [0, 0.1) is 0 Å². The third kappa shape index (κ3) is 4.57. The van der Waals surface area contributed by atoms with E-state index < -0.39 is 12.0 Å². The molecule has 0 fully saturated rings. The van der Waals surface area contributed by atoms with E-state index in [1.165, 1.54) is 6.92 Å². The number of nitrogens with one attached hydrogen (secondary N) is 1. The van der Waals surface area contributed by atoms with Crippen molar-refractivity contribution in [2.24, 2.45) is 0 Å². The molecule has 0 radical (unpaired) electrons. The fourth-order valence-corrected chi connectivity index (χ4v) is 3.14. The molecule has 0 saturated carbocycles. The molecule has 0 aliphatic carbocycles. The van der Waals surface area contributed by atoms with Crippen molar-refractivity contribution in [1.82, 2.24) is 10.2 Å². The van der Waals surface area contributed by atoms with E-state index in [4.69, 9.17) is 0 Å². The lowest BCUT2D eigenvalue weighted by atomic mass is 10.1. The first-order valence-corrected chi connectivity index (χ1v) is 8.42. The van der Waals surface area contributed by atoms with E-state index in [2.05, 4.69) is 5.32 Å². The first-order valence-electron chi connectivity index (χ1n) is 8.42. The molecule has 1 aliphatic rings. The molecule has 0 saturated heterocycles. The largest absolute Gasteiger partial charge is 0.480 e. The second-order valence-corrected chi connectivity index (χ2v) is 6.41. The van der Waals surface area contributed by atoms with E-state index in [0.717, 1.165) is 17.7 Å². The van der Waals surface area contributed by atoms with Crippen LogP contribution in [-0.2, 0) is 20.8 Å². The lowest BCUT2D eigenvalue weighted by Crippen LogP contribution is -2.50. The topological polar surface area (TPSA) is 90.0 Å². The van der Waals surface area contributed by atoms with Crippen molar-refractivity contribution in [2.75, 3.05) is 24.5 Å². The summed E-state index contributed by atoms with van der Waals surface area (Å²) >= 11 is 0. The van der Waals surface area contributed by atoms with Crippen LogP contribution in [0.4, 0.5) is 5.69 Å². The van der Waals surface area contributed by atoms with Crippen LogP contribution in [0.1, 0.15) is 26.3 Å². The Morgan fingerprint density at radius 2 is 2.04 bits per heavy atom. The molecule has 2 unspecified atom stereocenters. The molecule has 7 heteroatoms. The number of aliphatic carboxylic acids is 1. The Hall–Kier alpha value is -2.41. The summed E-state index contributed by atoms with van der Waals surface area (Å²) in [6.45, 7) is 5.52. The van der Waals surface area contributed by atoms with Gasteiger partial charge in [0.15, 0.2) is 0 Å². The normalized spacial score (nSPS) is 17.3. The highest BCUT2D eigenvalue weighted by Gasteiger charge is 2.32. The molecule has 1 aromatic rings. The van der Waals surface area contributed by atoms with Gasteiger partial charge in [-0.2, -0.15) is 0 Å². The fraction of sp³-hybridized carbons (Fsp3) is 0.500. The minimum absolute atomic E-state index is 0.00821. The lowest BCUT2D eigenvalue weighted by Gasteiger charge is -2.30. The standard InChI is InChI=1S/C18H25N3O4/c1-12-10-15-6-4-5-7-16(15)21(12)17(23)11-20(13(2)18(24)25)9-8-19-14(3)22/h4-7,12-13H,8-11H2,1-3H3,(H,19,22)(H,24,25). The van der Waals surface area contributed by atoms with Crippen molar-refractivity contribution in [3.8, 4) is 0 Å². The van der Waals surface area contributed by atoms with E-state index in [1.54, 1.807) is 16.7 Å². The Morgan fingerprint density at radius 1 is 1.36 bits per heavy atom. The molecule has 1 heterocycles. The van der Waals surface area contributed by atoms with E-state index >= 15 is 0 Å². The highest BCUT2D eigenvalue weighted by Crippen LogP contribution is 2.31. The summed E-state index contributed by atoms with van der Waals surface area (Å²) in [4.78, 5) is 38.5. The minimum atomic E-state index is -0.995. The van der Waals surface area contributed by atoms with E-state index in [-0.39, 0.29) is 24.4 Å². The van der Waals surface area contributed by atoms with Gasteiger partial charge in [0.05, 0.1) is 6.54 Å². The van der Waals surface area contributed by atoms with Crippen LogP contribution in [0.2, 0.25) is 0 Å². The summed E-state index contributed by atoms with van der Waals surface area (Å²) in [5.41, 5.74) is 2.02. The third-order valence-corrected chi connectivity index (χ3v) is 4.49. The van der Waals surface area contributed by atoms with Gasteiger partial charge in [0.1, 0.15) is 6.04 Å². The molecular weight excluding hydrogens is 322 g/mol. The van der Waals surface area contributed by atoms with Crippen molar-refractivity contribution in [3.05, 3.63) is 29.8 Å².